The van der Waals surface area contributed by atoms with Crippen LogP contribution >= 0.6 is 27.5 Å². The predicted octanol–water partition coefficient (Wildman–Crippen LogP) is 3.88. The van der Waals surface area contributed by atoms with Crippen LogP contribution in [0.25, 0.3) is 0 Å². The lowest BCUT2D eigenvalue weighted by atomic mass is 9.47. The third-order valence-corrected chi connectivity index (χ3v) is 8.85. The van der Waals surface area contributed by atoms with Gasteiger partial charge in [0.25, 0.3) is 0 Å². The van der Waals surface area contributed by atoms with Gasteiger partial charge in [0.15, 0.2) is 0 Å². The summed E-state index contributed by atoms with van der Waals surface area (Å²) in [5, 5.41) is 0. The minimum absolute atomic E-state index is 0.00637. The second kappa shape index (κ2) is 3.37. The molecule has 7 atom stereocenters. The third kappa shape index (κ3) is 1.28. The molecule has 0 aromatic heterocycles. The Hall–Kier alpha value is 0.690. The average molecular weight is 350 g/mol. The summed E-state index contributed by atoms with van der Waals surface area (Å²) in [6.07, 6.45) is 3.97. The van der Waals surface area contributed by atoms with E-state index in [0.717, 1.165) is 19.3 Å². The van der Waals surface area contributed by atoms with Crippen LogP contribution in [0.4, 0.5) is 0 Å². The van der Waals surface area contributed by atoms with Gasteiger partial charge in [-0.25, -0.2) is 0 Å². The molecule has 19 heavy (non-hydrogen) atoms. The minimum atomic E-state index is -0.218. The van der Waals surface area contributed by atoms with Crippen molar-refractivity contribution >= 4 is 27.5 Å². The maximum Gasteiger partial charge on any atom is 0.101 e. The number of fused-ring (bicyclic) bond motifs is 2. The Balaban J connectivity index is 1.85. The molecule has 108 valence electrons. The molecule has 4 heteroatoms. The fourth-order valence-corrected chi connectivity index (χ4v) is 6.34. The number of halogens is 2. The summed E-state index contributed by atoms with van der Waals surface area (Å²) in [6, 6.07) is 0. The maximum absolute atomic E-state index is 6.71. The van der Waals surface area contributed by atoms with E-state index in [0.29, 0.717) is 17.0 Å². The normalized spacial score (nSPS) is 65.4. The van der Waals surface area contributed by atoms with Crippen LogP contribution in [0.15, 0.2) is 0 Å². The highest BCUT2D eigenvalue weighted by molar-refractivity contribution is 9.09. The first-order chi connectivity index (χ1) is 8.65. The lowest BCUT2D eigenvalue weighted by Crippen LogP contribution is -2.62. The van der Waals surface area contributed by atoms with Crippen molar-refractivity contribution in [2.75, 3.05) is 0 Å². The summed E-state index contributed by atoms with van der Waals surface area (Å²) in [5.74, 6) is 0. The number of hydrogen-bond acceptors (Lipinski definition) is 2. The molecule has 4 rings (SSSR count). The molecule has 4 aliphatic rings. The van der Waals surface area contributed by atoms with Crippen molar-refractivity contribution < 1.29 is 9.47 Å². The van der Waals surface area contributed by atoms with Gasteiger partial charge in [-0.1, -0.05) is 29.8 Å². The number of hydrogen-bond donors (Lipinski definition) is 0. The van der Waals surface area contributed by atoms with Crippen molar-refractivity contribution in [2.45, 2.75) is 80.6 Å². The Morgan fingerprint density at radius 1 is 1.05 bits per heavy atom. The standard InChI is InChI=1S/C15H22BrClO2/c1-12(2)9-5-10-14(4,19-10)15(12)6-8(16)13(3,17)7-11(15)18-9/h8-11H,5-7H2,1-4H3/t8?,9-,10?,11+,13?,14?,15?/m0/s1. The highest BCUT2D eigenvalue weighted by Gasteiger charge is 2.82. The molecule has 2 aliphatic carbocycles. The van der Waals surface area contributed by atoms with Crippen LogP contribution in [0.3, 0.4) is 0 Å². The van der Waals surface area contributed by atoms with Gasteiger partial charge in [0.2, 0.25) is 0 Å². The molecule has 2 saturated carbocycles. The van der Waals surface area contributed by atoms with Crippen molar-refractivity contribution in [1.82, 2.24) is 0 Å². The van der Waals surface area contributed by atoms with Crippen LogP contribution < -0.4 is 0 Å². The highest BCUT2D eigenvalue weighted by Crippen LogP contribution is 2.75. The fourth-order valence-electron chi connectivity index (χ4n) is 5.42. The fraction of sp³-hybridized carbons (Fsp3) is 1.00. The molecule has 2 heterocycles. The van der Waals surface area contributed by atoms with Gasteiger partial charge >= 0.3 is 0 Å². The van der Waals surface area contributed by atoms with E-state index >= 15 is 0 Å². The van der Waals surface area contributed by atoms with Crippen molar-refractivity contribution in [3.05, 3.63) is 0 Å². The molecule has 0 aromatic carbocycles. The van der Waals surface area contributed by atoms with Crippen molar-refractivity contribution in [1.29, 1.82) is 0 Å². The number of alkyl halides is 2. The van der Waals surface area contributed by atoms with Gasteiger partial charge in [-0.3, -0.25) is 0 Å². The van der Waals surface area contributed by atoms with E-state index in [9.17, 15) is 0 Å². The van der Waals surface area contributed by atoms with Gasteiger partial charge in [-0.2, -0.15) is 0 Å². The van der Waals surface area contributed by atoms with Crippen LogP contribution in [-0.4, -0.2) is 33.6 Å². The Kier molecular flexibility index (Phi) is 2.37. The molecule has 2 bridgehead atoms. The largest absolute Gasteiger partial charge is 0.374 e. The van der Waals surface area contributed by atoms with Crippen LogP contribution in [0, 0.1) is 10.8 Å². The smallest absolute Gasteiger partial charge is 0.101 e. The SMILES string of the molecule is CC1(Cl)C[C@H]2O[C@H]3CC4OC4(C)C2(CC1Br)C3(C)C. The molecular formula is C15H22BrClO2. The highest BCUT2D eigenvalue weighted by atomic mass is 79.9. The first-order valence-corrected chi connectivity index (χ1v) is 8.61. The van der Waals surface area contributed by atoms with Gasteiger partial charge in [-0.15, -0.1) is 11.6 Å². The average Bonchev–Trinajstić information content (AvgIpc) is 2.88. The van der Waals surface area contributed by atoms with E-state index in [2.05, 4.69) is 43.6 Å². The monoisotopic (exact) mass is 348 g/mol. The van der Waals surface area contributed by atoms with E-state index in [4.69, 9.17) is 21.1 Å². The van der Waals surface area contributed by atoms with Gasteiger partial charge in [0, 0.05) is 22.1 Å². The molecule has 0 amide bonds. The summed E-state index contributed by atoms with van der Waals surface area (Å²) in [6.45, 7) is 9.18. The Morgan fingerprint density at radius 3 is 2.42 bits per heavy atom. The number of ether oxygens (including phenoxy) is 2. The number of epoxide rings is 1. The summed E-state index contributed by atoms with van der Waals surface area (Å²) >= 11 is 10.6. The number of rotatable bonds is 0. The molecule has 0 radical (unpaired) electrons. The second-order valence-corrected chi connectivity index (χ2v) is 9.88. The van der Waals surface area contributed by atoms with Gasteiger partial charge in [0.05, 0.1) is 23.2 Å². The summed E-state index contributed by atoms with van der Waals surface area (Å²) in [7, 11) is 0. The van der Waals surface area contributed by atoms with Crippen LogP contribution in [-0.2, 0) is 9.47 Å². The first-order valence-electron chi connectivity index (χ1n) is 7.31. The van der Waals surface area contributed by atoms with Crippen molar-refractivity contribution in [2.24, 2.45) is 10.8 Å². The lowest BCUT2D eigenvalue weighted by Gasteiger charge is -2.55. The van der Waals surface area contributed by atoms with E-state index in [1.807, 2.05) is 0 Å². The summed E-state index contributed by atoms with van der Waals surface area (Å²) in [5.41, 5.74) is 0.266. The molecular weight excluding hydrogens is 328 g/mol. The van der Waals surface area contributed by atoms with Crippen LogP contribution in [0.2, 0.25) is 0 Å². The Morgan fingerprint density at radius 2 is 1.74 bits per heavy atom. The van der Waals surface area contributed by atoms with Crippen molar-refractivity contribution in [3.63, 3.8) is 0 Å². The second-order valence-electron chi connectivity index (χ2n) is 7.91. The molecule has 2 nitrogen and oxygen atoms in total. The van der Waals surface area contributed by atoms with E-state index in [-0.39, 0.29) is 27.4 Å². The lowest BCUT2D eigenvalue weighted by molar-refractivity contribution is -0.0597. The molecule has 0 N–H and O–H groups in total. The minimum Gasteiger partial charge on any atom is -0.374 e. The van der Waals surface area contributed by atoms with Gasteiger partial charge in [0.1, 0.15) is 5.60 Å². The summed E-state index contributed by atoms with van der Waals surface area (Å²) in [4.78, 5) is 0.101. The molecule has 5 unspecified atom stereocenters. The Bertz CT molecular complexity index is 451. The molecule has 2 aliphatic heterocycles. The molecule has 1 spiro atoms. The molecule has 4 fully saturated rings. The molecule has 2 saturated heterocycles. The summed E-state index contributed by atoms with van der Waals surface area (Å²) < 4.78 is 12.6. The quantitative estimate of drug-likeness (QED) is 0.489. The van der Waals surface area contributed by atoms with E-state index in [1.165, 1.54) is 0 Å². The maximum atomic E-state index is 6.71. The van der Waals surface area contributed by atoms with E-state index in [1.54, 1.807) is 0 Å². The molecule has 0 aromatic rings. The first kappa shape index (κ1) is 13.4. The zero-order valence-corrected chi connectivity index (χ0v) is 14.3. The topological polar surface area (TPSA) is 21.8 Å². The predicted molar refractivity (Wildman–Crippen MR) is 79.0 cm³/mol. The van der Waals surface area contributed by atoms with Crippen molar-refractivity contribution in [3.8, 4) is 0 Å². The Labute approximate surface area is 128 Å². The zero-order valence-electron chi connectivity index (χ0n) is 12.0. The van der Waals surface area contributed by atoms with Gasteiger partial charge < -0.3 is 9.47 Å². The zero-order chi connectivity index (χ0) is 13.8. The van der Waals surface area contributed by atoms with E-state index < -0.39 is 0 Å². The van der Waals surface area contributed by atoms with Crippen LogP contribution in [0.5, 0.6) is 0 Å². The third-order valence-electron chi connectivity index (χ3n) is 6.83. The van der Waals surface area contributed by atoms with Crippen LogP contribution in [0.1, 0.15) is 47.0 Å². The van der Waals surface area contributed by atoms with Gasteiger partial charge in [-0.05, 0) is 26.7 Å².